The van der Waals surface area contributed by atoms with Gasteiger partial charge in [0.2, 0.25) is 11.0 Å². The smallest absolute Gasteiger partial charge is 0.226 e. The van der Waals surface area contributed by atoms with Crippen molar-refractivity contribution in [3.8, 4) is 5.88 Å². The molecule has 0 aliphatic carbocycles. The summed E-state index contributed by atoms with van der Waals surface area (Å²) in [5.74, 6) is 0.432. The van der Waals surface area contributed by atoms with E-state index >= 15 is 0 Å². The molecule has 2 heterocycles. The topological polar surface area (TPSA) is 65.0 Å². The van der Waals surface area contributed by atoms with E-state index in [0.29, 0.717) is 16.3 Å². The zero-order chi connectivity index (χ0) is 14.8. The predicted molar refractivity (Wildman–Crippen MR) is 79.7 cm³/mol. The van der Waals surface area contributed by atoms with Crippen molar-refractivity contribution in [3.05, 3.63) is 48.3 Å². The van der Waals surface area contributed by atoms with E-state index in [1.54, 1.807) is 18.5 Å². The number of pyridine rings is 1. The second-order valence-corrected chi connectivity index (χ2v) is 5.79. The van der Waals surface area contributed by atoms with Gasteiger partial charge >= 0.3 is 0 Å². The largest absolute Gasteiger partial charge is 0.481 e. The Morgan fingerprint density at radius 3 is 2.76 bits per heavy atom. The lowest BCUT2D eigenvalue weighted by Crippen LogP contribution is -2.03. The summed E-state index contributed by atoms with van der Waals surface area (Å²) < 4.78 is 17.9. The fourth-order valence-corrected chi connectivity index (χ4v) is 3.09. The van der Waals surface area contributed by atoms with Crippen molar-refractivity contribution in [1.82, 2.24) is 15.0 Å². The van der Waals surface area contributed by atoms with E-state index in [4.69, 9.17) is 4.74 Å². The lowest BCUT2D eigenvalue weighted by molar-refractivity contribution is 0.388. The van der Waals surface area contributed by atoms with Crippen molar-refractivity contribution >= 4 is 21.7 Å². The van der Waals surface area contributed by atoms with Gasteiger partial charge in [-0.3, -0.25) is 4.98 Å². The van der Waals surface area contributed by atoms with Gasteiger partial charge in [0.1, 0.15) is 10.8 Å². The van der Waals surface area contributed by atoms with E-state index in [-0.39, 0.29) is 5.16 Å². The number of aromatic nitrogens is 3. The van der Waals surface area contributed by atoms with Gasteiger partial charge in [0.15, 0.2) is 0 Å². The molecule has 0 N–H and O–H groups in total. The van der Waals surface area contributed by atoms with Crippen LogP contribution in [0.15, 0.2) is 52.8 Å². The molecule has 0 amide bonds. The molecular formula is C15H13N3O2S. The second kappa shape index (κ2) is 5.57. The van der Waals surface area contributed by atoms with Gasteiger partial charge < -0.3 is 4.74 Å². The Kier molecular flexibility index (Phi) is 3.62. The van der Waals surface area contributed by atoms with Gasteiger partial charge in [-0.05, 0) is 19.1 Å². The zero-order valence-corrected chi connectivity index (χ0v) is 12.4. The number of ether oxygens (including phenoxy) is 1. The fourth-order valence-electron chi connectivity index (χ4n) is 2.03. The number of hydrogen-bond donors (Lipinski definition) is 0. The van der Waals surface area contributed by atoms with Crippen LogP contribution < -0.4 is 4.74 Å². The molecular weight excluding hydrogens is 286 g/mol. The lowest BCUT2D eigenvalue weighted by atomic mass is 10.2. The van der Waals surface area contributed by atoms with Crippen LogP contribution in [0.3, 0.4) is 0 Å². The Hall–Kier alpha value is -2.34. The summed E-state index contributed by atoms with van der Waals surface area (Å²) in [4.78, 5) is 13.3. The van der Waals surface area contributed by atoms with Gasteiger partial charge in [-0.1, -0.05) is 18.2 Å². The zero-order valence-electron chi connectivity index (χ0n) is 11.6. The Morgan fingerprint density at radius 1 is 1.14 bits per heavy atom. The molecule has 0 spiro atoms. The molecule has 5 nitrogen and oxygen atoms in total. The third-order valence-corrected chi connectivity index (χ3v) is 4.32. The van der Waals surface area contributed by atoms with Crippen molar-refractivity contribution in [1.29, 1.82) is 0 Å². The molecule has 106 valence electrons. The minimum atomic E-state index is -1.51. The first kappa shape index (κ1) is 13.6. The Bertz CT molecular complexity index is 831. The summed E-state index contributed by atoms with van der Waals surface area (Å²) in [5, 5.41) is 1.15. The molecule has 0 bridgehead atoms. The highest BCUT2D eigenvalue weighted by molar-refractivity contribution is 7.85. The number of nitrogens with zero attached hydrogens (tertiary/aromatic N) is 3. The molecule has 0 aliphatic rings. The van der Waals surface area contributed by atoms with Crippen LogP contribution in [0.2, 0.25) is 0 Å². The molecule has 3 aromatic rings. The summed E-state index contributed by atoms with van der Waals surface area (Å²) in [6.45, 7) is 1.84. The Morgan fingerprint density at radius 2 is 1.95 bits per heavy atom. The molecule has 0 saturated heterocycles. The van der Waals surface area contributed by atoms with Crippen LogP contribution in [-0.2, 0) is 10.8 Å². The van der Waals surface area contributed by atoms with Crippen molar-refractivity contribution in [3.63, 3.8) is 0 Å². The SMILES string of the molecule is COc1nc(S(=O)c2cccc3cccnc23)ncc1C. The maximum Gasteiger partial charge on any atom is 0.226 e. The van der Waals surface area contributed by atoms with Gasteiger partial charge in [-0.15, -0.1) is 0 Å². The normalized spacial score (nSPS) is 12.3. The average Bonchev–Trinajstić information content (AvgIpc) is 2.54. The minimum Gasteiger partial charge on any atom is -0.481 e. The van der Waals surface area contributed by atoms with Crippen LogP contribution in [0.4, 0.5) is 0 Å². The quantitative estimate of drug-likeness (QED) is 0.695. The van der Waals surface area contributed by atoms with E-state index in [9.17, 15) is 4.21 Å². The molecule has 1 aromatic carbocycles. The third kappa shape index (κ3) is 2.50. The summed E-state index contributed by atoms with van der Waals surface area (Å²) >= 11 is 0. The number of methoxy groups -OCH3 is 1. The summed E-state index contributed by atoms with van der Waals surface area (Å²) in [7, 11) is 0.0230. The number of aryl methyl sites for hydroxylation is 1. The number of rotatable bonds is 3. The Balaban J connectivity index is 2.13. The van der Waals surface area contributed by atoms with Crippen LogP contribution >= 0.6 is 0 Å². The summed E-state index contributed by atoms with van der Waals surface area (Å²) in [6, 6.07) is 9.34. The highest BCUT2D eigenvalue weighted by Crippen LogP contribution is 2.23. The van der Waals surface area contributed by atoms with Crippen LogP contribution in [0, 0.1) is 6.92 Å². The molecule has 6 heteroatoms. The van der Waals surface area contributed by atoms with Crippen LogP contribution in [0.1, 0.15) is 5.56 Å². The molecule has 0 fully saturated rings. The molecule has 0 saturated carbocycles. The maximum atomic E-state index is 12.7. The first-order valence-electron chi connectivity index (χ1n) is 6.34. The predicted octanol–water partition coefficient (Wildman–Crippen LogP) is 2.51. The molecule has 2 aromatic heterocycles. The van der Waals surface area contributed by atoms with Crippen LogP contribution in [0.25, 0.3) is 10.9 Å². The van der Waals surface area contributed by atoms with E-state index in [1.807, 2.05) is 31.2 Å². The van der Waals surface area contributed by atoms with Crippen molar-refractivity contribution in [2.24, 2.45) is 0 Å². The lowest BCUT2D eigenvalue weighted by Gasteiger charge is -2.07. The number of benzene rings is 1. The molecule has 1 unspecified atom stereocenters. The number of para-hydroxylation sites is 1. The van der Waals surface area contributed by atoms with E-state index < -0.39 is 10.8 Å². The van der Waals surface area contributed by atoms with Crippen LogP contribution in [-0.4, -0.2) is 26.3 Å². The van der Waals surface area contributed by atoms with Gasteiger partial charge in [0, 0.05) is 23.3 Å². The maximum absolute atomic E-state index is 12.7. The third-order valence-electron chi connectivity index (χ3n) is 3.06. The number of fused-ring (bicyclic) bond motifs is 1. The average molecular weight is 299 g/mol. The number of hydrogen-bond acceptors (Lipinski definition) is 5. The molecule has 21 heavy (non-hydrogen) atoms. The summed E-state index contributed by atoms with van der Waals surface area (Å²) in [6.07, 6.45) is 3.29. The molecule has 3 rings (SSSR count). The molecule has 1 atom stereocenters. The molecule has 0 aliphatic heterocycles. The van der Waals surface area contributed by atoms with Gasteiger partial charge in [-0.2, -0.15) is 4.98 Å². The van der Waals surface area contributed by atoms with Crippen molar-refractivity contribution in [2.45, 2.75) is 17.0 Å². The van der Waals surface area contributed by atoms with Crippen molar-refractivity contribution in [2.75, 3.05) is 7.11 Å². The van der Waals surface area contributed by atoms with E-state index in [2.05, 4.69) is 15.0 Å². The van der Waals surface area contributed by atoms with Gasteiger partial charge in [0.25, 0.3) is 0 Å². The Labute approximate surface area is 124 Å². The highest BCUT2D eigenvalue weighted by atomic mass is 32.2. The standard InChI is InChI=1S/C15H13N3O2S/c1-10-9-17-15(18-14(10)20-2)21(19)12-7-3-5-11-6-4-8-16-13(11)12/h3-9H,1-2H3. The first-order chi connectivity index (χ1) is 10.2. The van der Waals surface area contributed by atoms with Crippen LogP contribution in [0.5, 0.6) is 5.88 Å². The fraction of sp³-hybridized carbons (Fsp3) is 0.133. The second-order valence-electron chi connectivity index (χ2n) is 4.44. The van der Waals surface area contributed by atoms with Gasteiger partial charge in [0.05, 0.1) is 17.5 Å². The highest BCUT2D eigenvalue weighted by Gasteiger charge is 2.16. The monoisotopic (exact) mass is 299 g/mol. The van der Waals surface area contributed by atoms with E-state index in [0.717, 1.165) is 10.9 Å². The van der Waals surface area contributed by atoms with Gasteiger partial charge in [-0.25, -0.2) is 9.19 Å². The summed E-state index contributed by atoms with van der Waals surface area (Å²) in [5.41, 5.74) is 1.50. The minimum absolute atomic E-state index is 0.218. The van der Waals surface area contributed by atoms with Crippen molar-refractivity contribution < 1.29 is 8.95 Å². The van der Waals surface area contributed by atoms with E-state index in [1.165, 1.54) is 7.11 Å². The first-order valence-corrected chi connectivity index (χ1v) is 7.49. The molecule has 0 radical (unpaired) electrons.